The Labute approximate surface area is 62.7 Å². The molecule has 2 N–H and O–H groups in total. The van der Waals surface area contributed by atoms with Gasteiger partial charge < -0.3 is 14.9 Å². The van der Waals surface area contributed by atoms with Gasteiger partial charge in [-0.1, -0.05) is 6.07 Å². The highest BCUT2D eigenvalue weighted by Crippen LogP contribution is 2.33. The summed E-state index contributed by atoms with van der Waals surface area (Å²) in [5, 5.41) is 17.9. The standard InChI is InChI=1S/C7H6O4/c8-4-11-6-3-1-2-5(9)7(6)10/h1-4,9-10H. The highest BCUT2D eigenvalue weighted by Gasteiger charge is 2.05. The molecule has 0 saturated carbocycles. The highest BCUT2D eigenvalue weighted by atomic mass is 16.5. The monoisotopic (exact) mass is 154 g/mol. The Hall–Kier alpha value is -1.71. The molecule has 0 aliphatic carbocycles. The van der Waals surface area contributed by atoms with Gasteiger partial charge in [-0.05, 0) is 12.1 Å². The van der Waals surface area contributed by atoms with Crippen LogP contribution in [0.2, 0.25) is 0 Å². The molecule has 4 heteroatoms. The number of rotatable bonds is 2. The quantitative estimate of drug-likeness (QED) is 0.484. The lowest BCUT2D eigenvalue weighted by Gasteiger charge is -2.01. The van der Waals surface area contributed by atoms with E-state index in [4.69, 9.17) is 10.2 Å². The number of benzene rings is 1. The Morgan fingerprint density at radius 3 is 2.73 bits per heavy atom. The first-order valence-corrected chi connectivity index (χ1v) is 2.87. The first kappa shape index (κ1) is 7.40. The normalized spacial score (nSPS) is 9.09. The zero-order valence-electron chi connectivity index (χ0n) is 5.52. The molecular weight excluding hydrogens is 148 g/mol. The minimum absolute atomic E-state index is 0.0556. The fourth-order valence-corrected chi connectivity index (χ4v) is 0.658. The summed E-state index contributed by atoms with van der Waals surface area (Å²) in [7, 11) is 0. The van der Waals surface area contributed by atoms with Crippen LogP contribution >= 0.6 is 0 Å². The summed E-state index contributed by atoms with van der Waals surface area (Å²) in [6.45, 7) is 0.175. The summed E-state index contributed by atoms with van der Waals surface area (Å²) in [6.07, 6.45) is 0. The van der Waals surface area contributed by atoms with Gasteiger partial charge in [0.25, 0.3) is 6.47 Å². The van der Waals surface area contributed by atoms with Crippen molar-refractivity contribution < 1.29 is 19.7 Å². The van der Waals surface area contributed by atoms with Gasteiger partial charge in [0.15, 0.2) is 11.5 Å². The molecule has 0 atom stereocenters. The van der Waals surface area contributed by atoms with Crippen LogP contribution in [0.15, 0.2) is 18.2 Å². The first-order valence-electron chi connectivity index (χ1n) is 2.87. The molecule has 1 aromatic carbocycles. The number of aromatic hydroxyl groups is 2. The molecule has 4 nitrogen and oxygen atoms in total. The summed E-state index contributed by atoms with van der Waals surface area (Å²) in [5.41, 5.74) is 0. The van der Waals surface area contributed by atoms with E-state index in [9.17, 15) is 4.79 Å². The molecule has 0 amide bonds. The van der Waals surface area contributed by atoms with Gasteiger partial charge in [-0.3, -0.25) is 4.79 Å². The molecule has 0 aliphatic heterocycles. The van der Waals surface area contributed by atoms with Gasteiger partial charge in [-0.25, -0.2) is 0 Å². The molecule has 0 fully saturated rings. The van der Waals surface area contributed by atoms with Crippen LogP contribution in [0.4, 0.5) is 0 Å². The van der Waals surface area contributed by atoms with E-state index in [1.165, 1.54) is 18.2 Å². The Morgan fingerprint density at radius 1 is 1.36 bits per heavy atom. The summed E-state index contributed by atoms with van der Waals surface area (Å²) in [4.78, 5) is 9.82. The van der Waals surface area contributed by atoms with Crippen molar-refractivity contribution in [3.63, 3.8) is 0 Å². The number of carbonyl (C=O) groups excluding carboxylic acids is 1. The zero-order chi connectivity index (χ0) is 8.27. The van der Waals surface area contributed by atoms with Crippen LogP contribution in [0.5, 0.6) is 17.2 Å². The number of phenolic OH excluding ortho intramolecular Hbond substituents is 2. The summed E-state index contributed by atoms with van der Waals surface area (Å²) < 4.78 is 4.33. The van der Waals surface area contributed by atoms with E-state index in [0.717, 1.165) is 0 Å². The van der Waals surface area contributed by atoms with Gasteiger partial charge in [0.2, 0.25) is 5.75 Å². The SMILES string of the molecule is O=COc1cccc(O)c1O. The van der Waals surface area contributed by atoms with Crippen molar-refractivity contribution in [1.82, 2.24) is 0 Å². The molecule has 0 spiro atoms. The second-order valence-corrected chi connectivity index (χ2v) is 1.84. The van der Waals surface area contributed by atoms with Crippen molar-refractivity contribution in [3.05, 3.63) is 18.2 Å². The molecule has 58 valence electrons. The van der Waals surface area contributed by atoms with Crippen molar-refractivity contribution in [3.8, 4) is 17.2 Å². The van der Waals surface area contributed by atoms with Crippen molar-refractivity contribution in [2.24, 2.45) is 0 Å². The molecule has 0 heterocycles. The second-order valence-electron chi connectivity index (χ2n) is 1.84. The molecule has 0 bridgehead atoms. The highest BCUT2D eigenvalue weighted by molar-refractivity contribution is 5.55. The topological polar surface area (TPSA) is 66.8 Å². The van der Waals surface area contributed by atoms with Crippen molar-refractivity contribution in [2.45, 2.75) is 0 Å². The van der Waals surface area contributed by atoms with Gasteiger partial charge in [-0.2, -0.15) is 0 Å². The third kappa shape index (κ3) is 1.40. The van der Waals surface area contributed by atoms with Gasteiger partial charge >= 0.3 is 0 Å². The maximum Gasteiger partial charge on any atom is 0.298 e. The number of para-hydroxylation sites is 1. The smallest absolute Gasteiger partial charge is 0.298 e. The fraction of sp³-hybridized carbons (Fsp3) is 0. The molecule has 0 aromatic heterocycles. The van der Waals surface area contributed by atoms with E-state index in [1.807, 2.05) is 0 Å². The van der Waals surface area contributed by atoms with Crippen LogP contribution in [-0.4, -0.2) is 16.7 Å². The molecule has 0 saturated heterocycles. The molecule has 1 aromatic rings. The molecule has 0 unspecified atom stereocenters. The molecule has 1 rings (SSSR count). The van der Waals surface area contributed by atoms with Crippen molar-refractivity contribution in [1.29, 1.82) is 0 Å². The third-order valence-corrected chi connectivity index (χ3v) is 1.15. The maximum absolute atomic E-state index is 9.82. The number of hydrogen-bond acceptors (Lipinski definition) is 4. The van der Waals surface area contributed by atoms with Crippen LogP contribution in [-0.2, 0) is 4.79 Å². The van der Waals surface area contributed by atoms with Gasteiger partial charge in [0.1, 0.15) is 0 Å². The van der Waals surface area contributed by atoms with Crippen LogP contribution in [0.1, 0.15) is 0 Å². The Balaban J connectivity index is 3.05. The van der Waals surface area contributed by atoms with Crippen LogP contribution in [0.25, 0.3) is 0 Å². The molecule has 0 radical (unpaired) electrons. The number of ether oxygens (including phenoxy) is 1. The molecular formula is C7H6O4. The van der Waals surface area contributed by atoms with E-state index in [2.05, 4.69) is 4.74 Å². The van der Waals surface area contributed by atoms with Gasteiger partial charge in [0.05, 0.1) is 0 Å². The fourth-order valence-electron chi connectivity index (χ4n) is 0.658. The predicted molar refractivity (Wildman–Crippen MR) is 36.5 cm³/mol. The van der Waals surface area contributed by atoms with Crippen molar-refractivity contribution in [2.75, 3.05) is 0 Å². The lowest BCUT2D eigenvalue weighted by atomic mass is 10.3. The van der Waals surface area contributed by atoms with E-state index >= 15 is 0 Å². The molecule has 11 heavy (non-hydrogen) atoms. The predicted octanol–water partition coefficient (Wildman–Crippen LogP) is 0.633. The minimum Gasteiger partial charge on any atom is -0.504 e. The number of hydrogen-bond donors (Lipinski definition) is 2. The Morgan fingerprint density at radius 2 is 2.09 bits per heavy atom. The maximum atomic E-state index is 9.82. The largest absolute Gasteiger partial charge is 0.504 e. The van der Waals surface area contributed by atoms with Gasteiger partial charge in [0, 0.05) is 0 Å². The van der Waals surface area contributed by atoms with Gasteiger partial charge in [-0.15, -0.1) is 0 Å². The van der Waals surface area contributed by atoms with Crippen molar-refractivity contribution >= 4 is 6.47 Å². The summed E-state index contributed by atoms with van der Waals surface area (Å²) >= 11 is 0. The Kier molecular flexibility index (Phi) is 1.96. The lowest BCUT2D eigenvalue weighted by Crippen LogP contribution is -1.88. The average molecular weight is 154 g/mol. The third-order valence-electron chi connectivity index (χ3n) is 1.15. The number of phenols is 2. The number of carbonyl (C=O) groups is 1. The van der Waals surface area contributed by atoms with Crippen LogP contribution in [0.3, 0.4) is 0 Å². The lowest BCUT2D eigenvalue weighted by molar-refractivity contribution is -0.120. The van der Waals surface area contributed by atoms with E-state index in [-0.39, 0.29) is 18.0 Å². The minimum atomic E-state index is -0.431. The van der Waals surface area contributed by atoms with Crippen LogP contribution in [0, 0.1) is 0 Å². The zero-order valence-corrected chi connectivity index (χ0v) is 5.52. The Bertz CT molecular complexity index is 269. The average Bonchev–Trinajstić information content (AvgIpc) is 1.99. The second kappa shape index (κ2) is 2.92. The van der Waals surface area contributed by atoms with E-state index in [0.29, 0.717) is 0 Å². The summed E-state index contributed by atoms with van der Waals surface area (Å²) in [6, 6.07) is 4.10. The molecule has 0 aliphatic rings. The summed E-state index contributed by atoms with van der Waals surface area (Å²) in [5.74, 6) is -0.802. The van der Waals surface area contributed by atoms with Crippen LogP contribution < -0.4 is 4.74 Å². The first-order chi connectivity index (χ1) is 5.25. The van der Waals surface area contributed by atoms with E-state index in [1.54, 1.807) is 0 Å². The van der Waals surface area contributed by atoms with E-state index < -0.39 is 5.75 Å².